The van der Waals surface area contributed by atoms with E-state index >= 15 is 0 Å². The van der Waals surface area contributed by atoms with Gasteiger partial charge in [0.1, 0.15) is 5.82 Å². The number of anilines is 2. The van der Waals surface area contributed by atoms with Crippen molar-refractivity contribution in [3.8, 4) is 11.1 Å². The third-order valence-electron chi connectivity index (χ3n) is 5.75. The number of fused-ring (bicyclic) bond motifs is 3. The molecule has 0 bridgehead atoms. The first-order valence-electron chi connectivity index (χ1n) is 9.32. The highest BCUT2D eigenvalue weighted by Gasteiger charge is 2.46. The molecule has 0 saturated carbocycles. The molecule has 0 saturated heterocycles. The maximum Gasteiger partial charge on any atom is 0.123 e. The number of hydrogen-bond donors (Lipinski definition) is 2. The van der Waals surface area contributed by atoms with Gasteiger partial charge in [-0.1, -0.05) is 52.3 Å². The summed E-state index contributed by atoms with van der Waals surface area (Å²) in [6.07, 6.45) is 0. The summed E-state index contributed by atoms with van der Waals surface area (Å²) in [5, 5.41) is 0. The number of halogens is 2. The second-order valence-corrected chi connectivity index (χ2v) is 8.29. The Hall–Kier alpha value is -3.11. The maximum absolute atomic E-state index is 14.5. The summed E-state index contributed by atoms with van der Waals surface area (Å²) >= 11 is 3.63. The van der Waals surface area contributed by atoms with E-state index in [0.717, 1.165) is 37.9 Å². The van der Waals surface area contributed by atoms with Crippen LogP contribution in [-0.2, 0) is 5.41 Å². The van der Waals surface area contributed by atoms with E-state index in [2.05, 4.69) is 28.1 Å². The van der Waals surface area contributed by atoms with Crippen LogP contribution in [0.15, 0.2) is 89.4 Å². The fourth-order valence-electron chi connectivity index (χ4n) is 4.52. The van der Waals surface area contributed by atoms with Crippen LogP contribution in [0.3, 0.4) is 0 Å². The van der Waals surface area contributed by atoms with E-state index in [9.17, 15) is 4.39 Å². The molecule has 0 aliphatic heterocycles. The van der Waals surface area contributed by atoms with Gasteiger partial charge in [0.15, 0.2) is 0 Å². The fourth-order valence-corrected chi connectivity index (χ4v) is 4.88. The molecular weight excluding hydrogens is 427 g/mol. The molecule has 0 heterocycles. The minimum absolute atomic E-state index is 0.258. The molecule has 4 N–H and O–H groups in total. The standard InChI is InChI=1S/C25H18BrFN2/c26-17-5-11-21-22-12-6-18(27)14-24(22)25(23(21)13-17,15-1-7-19(28)8-2-15)16-3-9-20(29)10-4-16/h1-14H,28-29H2. The second kappa shape index (κ2) is 6.46. The molecule has 0 atom stereocenters. The number of rotatable bonds is 2. The van der Waals surface area contributed by atoms with Gasteiger partial charge in [0.25, 0.3) is 0 Å². The van der Waals surface area contributed by atoms with Gasteiger partial charge in [-0.2, -0.15) is 0 Å². The first kappa shape index (κ1) is 18.0. The molecule has 1 aliphatic rings. The van der Waals surface area contributed by atoms with Gasteiger partial charge in [0, 0.05) is 15.8 Å². The van der Waals surface area contributed by atoms with E-state index in [-0.39, 0.29) is 5.82 Å². The van der Waals surface area contributed by atoms with E-state index in [0.29, 0.717) is 11.4 Å². The molecule has 1 aliphatic carbocycles. The molecule has 4 aromatic carbocycles. The molecule has 4 heteroatoms. The Bertz CT molecular complexity index is 1130. The van der Waals surface area contributed by atoms with Crippen molar-refractivity contribution in [1.29, 1.82) is 0 Å². The van der Waals surface area contributed by atoms with Crippen molar-refractivity contribution in [2.45, 2.75) is 5.41 Å². The predicted octanol–water partition coefficient (Wildman–Crippen LogP) is 6.12. The minimum atomic E-state index is -0.669. The topological polar surface area (TPSA) is 52.0 Å². The summed E-state index contributed by atoms with van der Waals surface area (Å²) in [5.41, 5.74) is 18.9. The molecule has 2 nitrogen and oxygen atoms in total. The molecule has 0 amide bonds. The average molecular weight is 445 g/mol. The quantitative estimate of drug-likeness (QED) is 0.322. The molecule has 0 unspecified atom stereocenters. The van der Waals surface area contributed by atoms with Crippen molar-refractivity contribution in [3.63, 3.8) is 0 Å². The normalized spacial score (nSPS) is 13.7. The van der Waals surface area contributed by atoms with Gasteiger partial charge in [-0.15, -0.1) is 0 Å². The third-order valence-corrected chi connectivity index (χ3v) is 6.24. The molecule has 5 rings (SSSR count). The van der Waals surface area contributed by atoms with Crippen molar-refractivity contribution in [2.24, 2.45) is 0 Å². The Morgan fingerprint density at radius 3 is 1.66 bits per heavy atom. The van der Waals surface area contributed by atoms with Crippen LogP contribution in [0.2, 0.25) is 0 Å². The van der Waals surface area contributed by atoms with Crippen LogP contribution in [0.25, 0.3) is 11.1 Å². The Labute approximate surface area is 177 Å². The summed E-state index contributed by atoms with van der Waals surface area (Å²) in [5.74, 6) is -0.258. The van der Waals surface area contributed by atoms with Crippen molar-refractivity contribution in [3.05, 3.63) is 117 Å². The van der Waals surface area contributed by atoms with Crippen molar-refractivity contribution < 1.29 is 4.39 Å². The van der Waals surface area contributed by atoms with E-state index in [1.54, 1.807) is 6.07 Å². The molecule has 142 valence electrons. The van der Waals surface area contributed by atoms with Crippen LogP contribution in [0.4, 0.5) is 15.8 Å². The lowest BCUT2D eigenvalue weighted by Crippen LogP contribution is -2.28. The zero-order chi connectivity index (χ0) is 20.2. The second-order valence-electron chi connectivity index (χ2n) is 7.37. The van der Waals surface area contributed by atoms with E-state index in [4.69, 9.17) is 11.5 Å². The van der Waals surface area contributed by atoms with E-state index < -0.39 is 5.41 Å². The van der Waals surface area contributed by atoms with Crippen LogP contribution < -0.4 is 11.5 Å². The Morgan fingerprint density at radius 1 is 0.621 bits per heavy atom. The maximum atomic E-state index is 14.5. The molecule has 4 aromatic rings. The van der Waals surface area contributed by atoms with Crippen LogP contribution in [0, 0.1) is 5.82 Å². The highest BCUT2D eigenvalue weighted by atomic mass is 79.9. The number of nitrogens with two attached hydrogens (primary N) is 2. The predicted molar refractivity (Wildman–Crippen MR) is 120 cm³/mol. The highest BCUT2D eigenvalue weighted by molar-refractivity contribution is 9.10. The van der Waals surface area contributed by atoms with Gasteiger partial charge in [0.2, 0.25) is 0 Å². The van der Waals surface area contributed by atoms with Crippen molar-refractivity contribution >= 4 is 27.3 Å². The van der Waals surface area contributed by atoms with Gasteiger partial charge < -0.3 is 11.5 Å². The molecule has 0 radical (unpaired) electrons. The van der Waals surface area contributed by atoms with Crippen LogP contribution in [0.5, 0.6) is 0 Å². The fraction of sp³-hybridized carbons (Fsp3) is 0.0400. The average Bonchev–Trinajstić information content (AvgIpc) is 2.99. The van der Waals surface area contributed by atoms with E-state index in [1.165, 1.54) is 6.07 Å². The molecule has 0 aromatic heterocycles. The van der Waals surface area contributed by atoms with Gasteiger partial charge in [-0.3, -0.25) is 0 Å². The first-order valence-corrected chi connectivity index (χ1v) is 10.1. The van der Waals surface area contributed by atoms with Gasteiger partial charge in [0.05, 0.1) is 5.41 Å². The molecule has 29 heavy (non-hydrogen) atoms. The number of nitrogen functional groups attached to an aromatic ring is 2. The summed E-state index contributed by atoms with van der Waals surface area (Å²) in [6, 6.07) is 26.9. The molecule has 0 spiro atoms. The monoisotopic (exact) mass is 444 g/mol. The summed E-state index contributed by atoms with van der Waals surface area (Å²) < 4.78 is 15.5. The Morgan fingerprint density at radius 2 is 1.10 bits per heavy atom. The number of benzene rings is 4. The highest BCUT2D eigenvalue weighted by Crippen LogP contribution is 2.56. The lowest BCUT2D eigenvalue weighted by Gasteiger charge is -2.34. The lowest BCUT2D eigenvalue weighted by molar-refractivity contribution is 0.621. The van der Waals surface area contributed by atoms with Crippen molar-refractivity contribution in [1.82, 2.24) is 0 Å². The third kappa shape index (κ3) is 2.60. The molecule has 0 fully saturated rings. The van der Waals surface area contributed by atoms with Crippen LogP contribution >= 0.6 is 15.9 Å². The minimum Gasteiger partial charge on any atom is -0.399 e. The van der Waals surface area contributed by atoms with Gasteiger partial charge >= 0.3 is 0 Å². The van der Waals surface area contributed by atoms with Gasteiger partial charge in [-0.25, -0.2) is 4.39 Å². The summed E-state index contributed by atoms with van der Waals surface area (Å²) in [6.45, 7) is 0. The lowest BCUT2D eigenvalue weighted by atomic mass is 9.67. The smallest absolute Gasteiger partial charge is 0.123 e. The van der Waals surface area contributed by atoms with E-state index in [1.807, 2.05) is 60.7 Å². The SMILES string of the molecule is Nc1ccc(C2(c3ccc(N)cc3)c3cc(F)ccc3-c3ccc(Br)cc32)cc1. The molecular formula is C25H18BrFN2. The zero-order valence-electron chi connectivity index (χ0n) is 15.5. The largest absolute Gasteiger partial charge is 0.399 e. The summed E-state index contributed by atoms with van der Waals surface area (Å²) in [7, 11) is 0. The van der Waals surface area contributed by atoms with Crippen molar-refractivity contribution in [2.75, 3.05) is 11.5 Å². The first-order chi connectivity index (χ1) is 14.0. The Kier molecular flexibility index (Phi) is 4.00. The van der Waals surface area contributed by atoms with Crippen LogP contribution in [-0.4, -0.2) is 0 Å². The van der Waals surface area contributed by atoms with Gasteiger partial charge in [-0.05, 0) is 81.9 Å². The van der Waals surface area contributed by atoms with Crippen LogP contribution in [0.1, 0.15) is 22.3 Å². The number of hydrogen-bond acceptors (Lipinski definition) is 2. The zero-order valence-corrected chi connectivity index (χ0v) is 17.1. The summed E-state index contributed by atoms with van der Waals surface area (Å²) in [4.78, 5) is 0. The Balaban J connectivity index is 1.97.